The van der Waals surface area contributed by atoms with Crippen molar-refractivity contribution in [3.63, 3.8) is 0 Å². The average Bonchev–Trinajstić information content (AvgIpc) is 3.21. The van der Waals surface area contributed by atoms with Crippen molar-refractivity contribution in [2.75, 3.05) is 5.73 Å². The number of nitrogens with two attached hydrogens (primary N) is 1. The molecule has 0 bridgehead atoms. The van der Waals surface area contributed by atoms with Gasteiger partial charge in [0, 0.05) is 29.6 Å². The average molecular weight is 465 g/mol. The molecule has 2 aromatic carbocycles. The predicted molar refractivity (Wildman–Crippen MR) is 120 cm³/mol. The molecule has 0 radical (unpaired) electrons. The van der Waals surface area contributed by atoms with E-state index in [4.69, 9.17) is 10.5 Å². The summed E-state index contributed by atoms with van der Waals surface area (Å²) >= 11 is 1.34. The fraction of sp³-hybridized carbons (Fsp3) is 0.0435. The Labute approximate surface area is 189 Å². The summed E-state index contributed by atoms with van der Waals surface area (Å²) in [5.74, 6) is 0.678. The van der Waals surface area contributed by atoms with E-state index < -0.39 is 11.7 Å². The summed E-state index contributed by atoms with van der Waals surface area (Å²) in [5, 5.41) is 0.393. The van der Waals surface area contributed by atoms with Crippen LogP contribution in [0.25, 0.3) is 32.6 Å². The number of alkyl halides is 3. The van der Waals surface area contributed by atoms with Gasteiger partial charge in [0.2, 0.25) is 5.88 Å². The Balaban J connectivity index is 1.49. The van der Waals surface area contributed by atoms with Gasteiger partial charge in [-0.25, -0.2) is 15.0 Å². The Morgan fingerprint density at radius 3 is 2.36 bits per heavy atom. The second-order valence-electron chi connectivity index (χ2n) is 7.00. The maximum atomic E-state index is 12.8. The lowest BCUT2D eigenvalue weighted by Gasteiger charge is -2.10. The molecule has 0 unspecified atom stereocenters. The van der Waals surface area contributed by atoms with Gasteiger partial charge in [0.05, 0.1) is 16.0 Å². The summed E-state index contributed by atoms with van der Waals surface area (Å²) in [6.45, 7) is 0. The highest BCUT2D eigenvalue weighted by Gasteiger charge is 2.30. The number of rotatable bonds is 4. The zero-order valence-corrected chi connectivity index (χ0v) is 17.6. The van der Waals surface area contributed by atoms with Crippen molar-refractivity contribution in [1.82, 2.24) is 19.9 Å². The van der Waals surface area contributed by atoms with Crippen molar-refractivity contribution in [3.8, 4) is 34.0 Å². The molecule has 164 valence electrons. The fourth-order valence-electron chi connectivity index (χ4n) is 3.34. The molecule has 5 aromatic rings. The number of thiazole rings is 1. The number of halogens is 3. The normalized spacial score (nSPS) is 11.6. The summed E-state index contributed by atoms with van der Waals surface area (Å²) < 4.78 is 45.3. The smallest absolute Gasteiger partial charge is 0.416 e. The predicted octanol–water partition coefficient (Wildman–Crippen LogP) is 6.21. The van der Waals surface area contributed by atoms with Crippen LogP contribution in [0.2, 0.25) is 0 Å². The molecule has 3 heterocycles. The zero-order valence-electron chi connectivity index (χ0n) is 16.7. The molecule has 0 atom stereocenters. The molecule has 2 N–H and O–H groups in total. The van der Waals surface area contributed by atoms with Crippen LogP contribution < -0.4 is 10.5 Å². The summed E-state index contributed by atoms with van der Waals surface area (Å²) in [7, 11) is 0. The van der Waals surface area contributed by atoms with E-state index in [2.05, 4.69) is 19.9 Å². The summed E-state index contributed by atoms with van der Waals surface area (Å²) in [6.07, 6.45) is 0.307. The third-order valence-electron chi connectivity index (χ3n) is 4.88. The van der Waals surface area contributed by atoms with Crippen molar-refractivity contribution in [2.24, 2.45) is 0 Å². The van der Waals surface area contributed by atoms with Crippen LogP contribution >= 0.6 is 11.3 Å². The quantitative estimate of drug-likeness (QED) is 0.340. The van der Waals surface area contributed by atoms with E-state index in [1.54, 1.807) is 24.5 Å². The molecule has 0 saturated carbocycles. The standard InChI is InChI=1S/C23H14F3N5OS/c24-23(25,26)15-3-1-14(2-4-15)17-11-19(30-12-29-17)32-18-6-5-16(13-7-9-28-10-8-13)21-20(18)31-22(27)33-21/h1-12H,(H2,27,31). The Bertz CT molecular complexity index is 1440. The number of fused-ring (bicyclic) bond motifs is 1. The number of anilines is 1. The van der Waals surface area contributed by atoms with Crippen LogP contribution in [-0.4, -0.2) is 19.9 Å². The number of hydrogen-bond acceptors (Lipinski definition) is 7. The zero-order chi connectivity index (χ0) is 23.0. The molecule has 5 rings (SSSR count). The van der Waals surface area contributed by atoms with Crippen molar-refractivity contribution in [2.45, 2.75) is 6.18 Å². The molecular weight excluding hydrogens is 451 g/mol. The van der Waals surface area contributed by atoms with Gasteiger partial charge in [-0.15, -0.1) is 0 Å². The third kappa shape index (κ3) is 4.20. The molecule has 0 saturated heterocycles. The second-order valence-corrected chi connectivity index (χ2v) is 8.03. The van der Waals surface area contributed by atoms with Crippen molar-refractivity contribution in [1.29, 1.82) is 0 Å². The highest BCUT2D eigenvalue weighted by atomic mass is 32.1. The van der Waals surface area contributed by atoms with Gasteiger partial charge in [0.1, 0.15) is 11.8 Å². The first-order valence-electron chi connectivity index (χ1n) is 9.65. The van der Waals surface area contributed by atoms with Gasteiger partial charge in [0.25, 0.3) is 0 Å². The van der Waals surface area contributed by atoms with Crippen LogP contribution in [0.15, 0.2) is 73.3 Å². The number of nitrogen functional groups attached to an aromatic ring is 1. The highest BCUT2D eigenvalue weighted by Crippen LogP contribution is 2.40. The number of benzene rings is 2. The van der Waals surface area contributed by atoms with Gasteiger partial charge in [-0.2, -0.15) is 13.2 Å². The molecule has 0 aliphatic rings. The molecule has 0 fully saturated rings. The van der Waals surface area contributed by atoms with Crippen LogP contribution in [0.3, 0.4) is 0 Å². The fourth-order valence-corrected chi connectivity index (χ4v) is 4.22. The van der Waals surface area contributed by atoms with E-state index in [0.29, 0.717) is 27.7 Å². The Hall–Kier alpha value is -4.05. The summed E-state index contributed by atoms with van der Waals surface area (Å²) in [6, 6.07) is 13.8. The van der Waals surface area contributed by atoms with Crippen LogP contribution in [-0.2, 0) is 6.18 Å². The first kappa shape index (κ1) is 20.8. The third-order valence-corrected chi connectivity index (χ3v) is 5.80. The molecule has 0 aliphatic heterocycles. The minimum Gasteiger partial charge on any atom is -0.437 e. The van der Waals surface area contributed by atoms with Crippen LogP contribution in [0.1, 0.15) is 5.56 Å². The maximum Gasteiger partial charge on any atom is 0.416 e. The minimum absolute atomic E-state index is 0.226. The van der Waals surface area contributed by atoms with E-state index in [-0.39, 0.29) is 5.88 Å². The van der Waals surface area contributed by atoms with E-state index in [1.165, 1.54) is 29.8 Å². The Kier molecular flexibility index (Phi) is 5.14. The molecule has 10 heteroatoms. The lowest BCUT2D eigenvalue weighted by molar-refractivity contribution is -0.137. The van der Waals surface area contributed by atoms with Gasteiger partial charge in [-0.05, 0) is 42.0 Å². The summed E-state index contributed by atoms with van der Waals surface area (Å²) in [4.78, 5) is 16.7. The van der Waals surface area contributed by atoms with Crippen LogP contribution in [0, 0.1) is 0 Å². The molecule has 3 aromatic heterocycles. The number of aromatic nitrogens is 4. The van der Waals surface area contributed by atoms with E-state index >= 15 is 0 Å². The van der Waals surface area contributed by atoms with Crippen molar-refractivity contribution >= 4 is 26.7 Å². The van der Waals surface area contributed by atoms with E-state index in [1.807, 2.05) is 18.2 Å². The minimum atomic E-state index is -4.40. The number of nitrogens with zero attached hydrogens (tertiary/aromatic N) is 4. The van der Waals surface area contributed by atoms with Gasteiger partial charge < -0.3 is 10.5 Å². The monoisotopic (exact) mass is 465 g/mol. The Morgan fingerprint density at radius 2 is 1.64 bits per heavy atom. The number of hydrogen-bond donors (Lipinski definition) is 1. The second kappa shape index (κ2) is 8.14. The molecule has 6 nitrogen and oxygen atoms in total. The van der Waals surface area contributed by atoms with Crippen LogP contribution in [0.5, 0.6) is 11.6 Å². The first-order valence-corrected chi connectivity index (χ1v) is 10.5. The van der Waals surface area contributed by atoms with Gasteiger partial charge in [-0.1, -0.05) is 23.5 Å². The number of ether oxygens (including phenoxy) is 1. The molecule has 0 aliphatic carbocycles. The maximum absolute atomic E-state index is 12.8. The van der Waals surface area contributed by atoms with Gasteiger partial charge >= 0.3 is 6.18 Å². The lowest BCUT2D eigenvalue weighted by Crippen LogP contribution is -2.04. The van der Waals surface area contributed by atoms with Crippen molar-refractivity contribution in [3.05, 3.63) is 78.9 Å². The lowest BCUT2D eigenvalue weighted by atomic mass is 10.1. The largest absolute Gasteiger partial charge is 0.437 e. The van der Waals surface area contributed by atoms with Gasteiger partial charge in [0.15, 0.2) is 10.9 Å². The molecule has 0 amide bonds. The Morgan fingerprint density at radius 1 is 0.879 bits per heavy atom. The topological polar surface area (TPSA) is 86.8 Å². The molecule has 0 spiro atoms. The van der Waals surface area contributed by atoms with Gasteiger partial charge in [-0.3, -0.25) is 4.98 Å². The van der Waals surface area contributed by atoms with E-state index in [0.717, 1.165) is 28.0 Å². The summed E-state index contributed by atoms with van der Waals surface area (Å²) in [5.41, 5.74) is 8.68. The highest BCUT2D eigenvalue weighted by molar-refractivity contribution is 7.22. The van der Waals surface area contributed by atoms with Crippen LogP contribution in [0.4, 0.5) is 18.3 Å². The number of pyridine rings is 1. The molecular formula is C23H14F3N5OS. The first-order chi connectivity index (χ1) is 15.9. The SMILES string of the molecule is Nc1nc2c(Oc3cc(-c4ccc(C(F)(F)F)cc4)ncn3)ccc(-c3ccncc3)c2s1. The molecule has 33 heavy (non-hydrogen) atoms. The van der Waals surface area contributed by atoms with E-state index in [9.17, 15) is 13.2 Å². The van der Waals surface area contributed by atoms with Crippen molar-refractivity contribution < 1.29 is 17.9 Å².